The molecule has 128 valence electrons. The van der Waals surface area contributed by atoms with Gasteiger partial charge < -0.3 is 10.6 Å². The Morgan fingerprint density at radius 3 is 2.32 bits per heavy atom. The molecule has 2 N–H and O–H groups in total. The first kappa shape index (κ1) is 16.9. The van der Waals surface area contributed by atoms with Crippen LogP contribution in [-0.4, -0.2) is 16.8 Å². The molecule has 1 saturated carbocycles. The second-order valence-corrected chi connectivity index (χ2v) is 6.09. The van der Waals surface area contributed by atoms with Crippen LogP contribution in [0.2, 0.25) is 0 Å². The van der Waals surface area contributed by atoms with E-state index in [4.69, 9.17) is 0 Å². The molecule has 5 nitrogen and oxygen atoms in total. The lowest BCUT2D eigenvalue weighted by Gasteiger charge is -2.14. The summed E-state index contributed by atoms with van der Waals surface area (Å²) < 4.78 is 0. The van der Waals surface area contributed by atoms with Crippen molar-refractivity contribution in [1.82, 2.24) is 4.98 Å². The number of amides is 2. The number of anilines is 2. The lowest BCUT2D eigenvalue weighted by Crippen LogP contribution is -2.16. The van der Waals surface area contributed by atoms with E-state index in [-0.39, 0.29) is 11.8 Å². The van der Waals surface area contributed by atoms with Crippen LogP contribution in [0.25, 0.3) is 0 Å². The van der Waals surface area contributed by atoms with Crippen LogP contribution < -0.4 is 10.6 Å². The third-order valence-electron chi connectivity index (χ3n) is 4.19. The molecule has 0 saturated heterocycles. The molecule has 1 aliphatic rings. The molecule has 2 amide bonds. The van der Waals surface area contributed by atoms with Gasteiger partial charge in [0, 0.05) is 18.5 Å². The Labute approximate surface area is 147 Å². The molecule has 1 aromatic heterocycles. The minimum absolute atomic E-state index is 0.153. The molecule has 0 atom stereocenters. The fourth-order valence-electron chi connectivity index (χ4n) is 2.90. The van der Waals surface area contributed by atoms with Gasteiger partial charge in [-0.3, -0.25) is 14.6 Å². The molecule has 1 aliphatic carbocycles. The van der Waals surface area contributed by atoms with Gasteiger partial charge in [-0.05, 0) is 49.9 Å². The normalized spacial score (nSPS) is 13.8. The lowest BCUT2D eigenvalue weighted by molar-refractivity contribution is -0.112. The highest BCUT2D eigenvalue weighted by Crippen LogP contribution is 2.24. The third kappa shape index (κ3) is 4.76. The summed E-state index contributed by atoms with van der Waals surface area (Å²) in [6.45, 7) is 0. The van der Waals surface area contributed by atoms with Gasteiger partial charge in [-0.2, -0.15) is 0 Å². The molecular formula is C20H21N3O2. The molecule has 0 aliphatic heterocycles. The molecule has 2 aromatic rings. The van der Waals surface area contributed by atoms with Crippen molar-refractivity contribution < 1.29 is 9.59 Å². The molecule has 1 fully saturated rings. The van der Waals surface area contributed by atoms with E-state index in [2.05, 4.69) is 15.6 Å². The summed E-state index contributed by atoms with van der Waals surface area (Å²) in [5, 5.41) is 5.69. The molecule has 25 heavy (non-hydrogen) atoms. The van der Waals surface area contributed by atoms with Crippen molar-refractivity contribution in [3.63, 3.8) is 0 Å². The van der Waals surface area contributed by atoms with E-state index in [1.807, 2.05) is 12.1 Å². The number of aromatic nitrogens is 1. The number of hydrogen-bond donors (Lipinski definition) is 2. The summed E-state index contributed by atoms with van der Waals surface area (Å²) in [5.41, 5.74) is 2.80. The largest absolute Gasteiger partial charge is 0.321 e. The Bertz CT molecular complexity index is 777. The van der Waals surface area contributed by atoms with E-state index in [0.717, 1.165) is 25.7 Å². The fraction of sp³-hybridized carbons (Fsp3) is 0.250. The fourth-order valence-corrected chi connectivity index (χ4v) is 2.90. The average molecular weight is 335 g/mol. The standard InChI is InChI=1S/C20H21N3O2/c24-19(13-15-7-2-1-3-8-15)22-17-10-4-5-11-18(17)23-20(25)16-9-6-12-21-14-16/h4-6,9-14H,1-3,7-8H2,(H,22,24)(H,23,25). The monoisotopic (exact) mass is 335 g/mol. The smallest absolute Gasteiger partial charge is 0.257 e. The summed E-state index contributed by atoms with van der Waals surface area (Å²) in [7, 11) is 0. The molecule has 0 radical (unpaired) electrons. The zero-order chi connectivity index (χ0) is 17.5. The average Bonchev–Trinajstić information content (AvgIpc) is 2.65. The van der Waals surface area contributed by atoms with E-state index < -0.39 is 0 Å². The number of nitrogens with zero attached hydrogens (tertiary/aromatic N) is 1. The van der Waals surface area contributed by atoms with Crippen molar-refractivity contribution in [2.75, 3.05) is 10.6 Å². The van der Waals surface area contributed by atoms with E-state index in [1.54, 1.807) is 36.5 Å². The lowest BCUT2D eigenvalue weighted by atomic mass is 9.94. The van der Waals surface area contributed by atoms with Crippen LogP contribution >= 0.6 is 0 Å². The van der Waals surface area contributed by atoms with Gasteiger partial charge in [0.25, 0.3) is 5.91 Å². The van der Waals surface area contributed by atoms with Gasteiger partial charge in [-0.25, -0.2) is 0 Å². The summed E-state index contributed by atoms with van der Waals surface area (Å²) in [4.78, 5) is 28.5. The second kappa shape index (κ2) is 8.24. The van der Waals surface area contributed by atoms with Crippen molar-refractivity contribution >= 4 is 23.2 Å². The van der Waals surface area contributed by atoms with Crippen molar-refractivity contribution in [1.29, 1.82) is 0 Å². The predicted molar refractivity (Wildman–Crippen MR) is 98.4 cm³/mol. The second-order valence-electron chi connectivity index (χ2n) is 6.09. The van der Waals surface area contributed by atoms with Crippen LogP contribution in [0.15, 0.2) is 60.4 Å². The van der Waals surface area contributed by atoms with Gasteiger partial charge in [-0.1, -0.05) is 24.1 Å². The van der Waals surface area contributed by atoms with Crippen molar-refractivity contribution in [3.05, 3.63) is 66.0 Å². The maximum atomic E-state index is 12.3. The number of pyridine rings is 1. The van der Waals surface area contributed by atoms with Crippen LogP contribution in [0.4, 0.5) is 11.4 Å². The van der Waals surface area contributed by atoms with Crippen molar-refractivity contribution in [3.8, 4) is 0 Å². The number of allylic oxidation sites excluding steroid dienone is 1. The Morgan fingerprint density at radius 1 is 0.920 bits per heavy atom. The third-order valence-corrected chi connectivity index (χ3v) is 4.19. The summed E-state index contributed by atoms with van der Waals surface area (Å²) in [6, 6.07) is 10.6. The Hall–Kier alpha value is -2.95. The molecule has 1 aromatic carbocycles. The Morgan fingerprint density at radius 2 is 1.64 bits per heavy atom. The van der Waals surface area contributed by atoms with Crippen LogP contribution in [0.5, 0.6) is 0 Å². The van der Waals surface area contributed by atoms with Crippen molar-refractivity contribution in [2.24, 2.45) is 0 Å². The van der Waals surface area contributed by atoms with Crippen LogP contribution in [0.1, 0.15) is 42.5 Å². The zero-order valence-corrected chi connectivity index (χ0v) is 14.0. The van der Waals surface area contributed by atoms with Crippen LogP contribution in [0.3, 0.4) is 0 Å². The van der Waals surface area contributed by atoms with Gasteiger partial charge >= 0.3 is 0 Å². The minimum Gasteiger partial charge on any atom is -0.321 e. The Kier molecular flexibility index (Phi) is 5.57. The quantitative estimate of drug-likeness (QED) is 0.824. The SMILES string of the molecule is O=C(C=C1CCCCC1)Nc1ccccc1NC(=O)c1cccnc1. The maximum absolute atomic E-state index is 12.3. The highest BCUT2D eigenvalue weighted by atomic mass is 16.2. The first-order valence-corrected chi connectivity index (χ1v) is 8.53. The van der Waals surface area contributed by atoms with Crippen molar-refractivity contribution in [2.45, 2.75) is 32.1 Å². The number of para-hydroxylation sites is 2. The number of benzene rings is 1. The van der Waals surface area contributed by atoms with Gasteiger partial charge in [0.15, 0.2) is 0 Å². The van der Waals surface area contributed by atoms with Crippen LogP contribution in [0, 0.1) is 0 Å². The summed E-state index contributed by atoms with van der Waals surface area (Å²) in [6.07, 6.45) is 10.3. The van der Waals surface area contributed by atoms with Crippen LogP contribution in [-0.2, 0) is 4.79 Å². The van der Waals surface area contributed by atoms with E-state index in [0.29, 0.717) is 16.9 Å². The van der Waals surface area contributed by atoms with E-state index in [1.165, 1.54) is 18.2 Å². The highest BCUT2D eigenvalue weighted by Gasteiger charge is 2.11. The van der Waals surface area contributed by atoms with Gasteiger partial charge in [0.2, 0.25) is 5.91 Å². The maximum Gasteiger partial charge on any atom is 0.257 e. The number of rotatable bonds is 4. The Balaban J connectivity index is 1.70. The van der Waals surface area contributed by atoms with E-state index in [9.17, 15) is 9.59 Å². The van der Waals surface area contributed by atoms with Gasteiger partial charge in [0.1, 0.15) is 0 Å². The molecular weight excluding hydrogens is 314 g/mol. The number of nitrogens with one attached hydrogen (secondary N) is 2. The molecule has 0 bridgehead atoms. The minimum atomic E-state index is -0.263. The predicted octanol–water partition coefficient (Wildman–Crippen LogP) is 4.16. The van der Waals surface area contributed by atoms with Gasteiger partial charge in [-0.15, -0.1) is 0 Å². The topological polar surface area (TPSA) is 71.1 Å². The molecule has 5 heteroatoms. The number of carbonyl (C=O) groups is 2. The number of hydrogen-bond acceptors (Lipinski definition) is 3. The summed E-state index contributed by atoms with van der Waals surface area (Å²) in [5.74, 6) is -0.416. The number of carbonyl (C=O) groups excluding carboxylic acids is 2. The van der Waals surface area contributed by atoms with E-state index >= 15 is 0 Å². The molecule has 0 unspecified atom stereocenters. The van der Waals surface area contributed by atoms with Gasteiger partial charge in [0.05, 0.1) is 16.9 Å². The first-order chi connectivity index (χ1) is 12.2. The molecule has 3 rings (SSSR count). The highest BCUT2D eigenvalue weighted by molar-refractivity contribution is 6.08. The first-order valence-electron chi connectivity index (χ1n) is 8.53. The zero-order valence-electron chi connectivity index (χ0n) is 14.0. The summed E-state index contributed by atoms with van der Waals surface area (Å²) >= 11 is 0. The molecule has 0 spiro atoms. The molecule has 1 heterocycles.